The molecule has 8 nitrogen and oxygen atoms in total. The van der Waals surface area contributed by atoms with Gasteiger partial charge in [0, 0.05) is 0 Å². The molecule has 3 N–H and O–H groups in total. The van der Waals surface area contributed by atoms with Crippen molar-refractivity contribution in [2.75, 3.05) is 13.2 Å². The number of rotatable bonds is 5. The number of hydroxylamine groups is 2. The van der Waals surface area contributed by atoms with Crippen LogP contribution in [0.15, 0.2) is 0 Å². The topological polar surface area (TPSA) is 109 Å². The molecule has 100 valence electrons. The molecule has 1 saturated heterocycles. The van der Waals surface area contributed by atoms with Crippen molar-refractivity contribution < 1.29 is 33.8 Å². The lowest BCUT2D eigenvalue weighted by Gasteiger charge is -2.43. The molecule has 17 heavy (non-hydrogen) atoms. The van der Waals surface area contributed by atoms with Crippen molar-refractivity contribution >= 4 is 16.1 Å². The molecule has 5 unspecified atom stereocenters. The quantitative estimate of drug-likeness (QED) is 0.375. The minimum absolute atomic E-state index is 0.254. The molecule has 0 aromatic heterocycles. The summed E-state index contributed by atoms with van der Waals surface area (Å²) in [5.74, 6) is 0. The second kappa shape index (κ2) is 6.82. The number of ether oxygens (including phenoxy) is 1. The number of hydrogen-bond acceptors (Lipinski definition) is 7. The molecular weight excluding hydrogens is 252 g/mol. The lowest BCUT2D eigenvalue weighted by Crippen LogP contribution is -2.61. The second-order valence-corrected chi connectivity index (χ2v) is 4.38. The van der Waals surface area contributed by atoms with Gasteiger partial charge in [0.25, 0.3) is 0 Å². The third kappa shape index (κ3) is 4.01. The van der Waals surface area contributed by atoms with Gasteiger partial charge >= 0.3 is 8.25 Å². The molecule has 0 aromatic rings. The van der Waals surface area contributed by atoms with Gasteiger partial charge in [-0.25, -0.2) is 0 Å². The number of aliphatic hydroxyl groups is 2. The first-order valence-corrected chi connectivity index (χ1v) is 6.52. The molecule has 0 amide bonds. The zero-order valence-corrected chi connectivity index (χ0v) is 10.6. The van der Waals surface area contributed by atoms with Gasteiger partial charge in [-0.3, -0.25) is 9.40 Å². The summed E-state index contributed by atoms with van der Waals surface area (Å²) in [5, 5.41) is 20.5. The molecule has 0 bridgehead atoms. The Kier molecular flexibility index (Phi) is 6.04. The van der Waals surface area contributed by atoms with Crippen molar-refractivity contribution in [1.29, 1.82) is 0 Å². The number of hydrogen-bond donors (Lipinski definition) is 3. The van der Waals surface area contributed by atoms with Crippen molar-refractivity contribution in [3.63, 3.8) is 0 Å². The van der Waals surface area contributed by atoms with Crippen LogP contribution < -0.4 is 0 Å². The van der Waals surface area contributed by atoms with Crippen LogP contribution in [0.1, 0.15) is 6.92 Å². The Bertz CT molecular complexity index is 271. The van der Waals surface area contributed by atoms with E-state index in [1.807, 2.05) is 0 Å². The summed E-state index contributed by atoms with van der Waals surface area (Å²) in [6, 6.07) is -0.612. The molecule has 0 radical (unpaired) electrons. The summed E-state index contributed by atoms with van der Waals surface area (Å²) in [6.07, 6.45) is -3.23. The third-order valence-corrected chi connectivity index (χ3v) is 2.73. The second-order valence-electron chi connectivity index (χ2n) is 3.56. The van der Waals surface area contributed by atoms with Gasteiger partial charge in [0.05, 0.1) is 19.2 Å². The highest BCUT2D eigenvalue weighted by molar-refractivity contribution is 7.32. The summed E-state index contributed by atoms with van der Waals surface area (Å²) < 4.78 is 20.2. The SMILES string of the molecule is BC1OC(CO[PH](=O)O)C(O)N(OCC)C1O. The average Bonchev–Trinajstić information content (AvgIpc) is 2.27. The van der Waals surface area contributed by atoms with E-state index in [2.05, 4.69) is 4.52 Å². The molecule has 0 saturated carbocycles. The lowest BCUT2D eigenvalue weighted by atomic mass is 9.96. The highest BCUT2D eigenvalue weighted by Gasteiger charge is 2.41. The predicted molar refractivity (Wildman–Crippen MR) is 59.9 cm³/mol. The Labute approximate surface area is 100 Å². The molecule has 0 aliphatic carbocycles. The van der Waals surface area contributed by atoms with Gasteiger partial charge in [-0.05, 0) is 6.92 Å². The van der Waals surface area contributed by atoms with Crippen molar-refractivity contribution in [2.45, 2.75) is 31.5 Å². The fourth-order valence-corrected chi connectivity index (χ4v) is 1.83. The highest BCUT2D eigenvalue weighted by atomic mass is 31.1. The summed E-state index contributed by atoms with van der Waals surface area (Å²) in [4.78, 5) is 13.6. The smallest absolute Gasteiger partial charge is 0.316 e. The van der Waals surface area contributed by atoms with E-state index in [-0.39, 0.29) is 13.2 Å². The van der Waals surface area contributed by atoms with Gasteiger partial charge in [0.1, 0.15) is 14.0 Å². The normalized spacial score (nSPS) is 36.9. The third-order valence-electron chi connectivity index (χ3n) is 2.31. The maximum absolute atomic E-state index is 10.4. The molecule has 10 heteroatoms. The molecule has 1 heterocycles. The minimum atomic E-state index is -3.08. The fourth-order valence-electron chi connectivity index (χ4n) is 1.52. The van der Waals surface area contributed by atoms with E-state index < -0.39 is 32.8 Å². The number of aliphatic hydroxyl groups excluding tert-OH is 2. The Morgan fingerprint density at radius 1 is 1.47 bits per heavy atom. The molecule has 1 aliphatic heterocycles. The lowest BCUT2D eigenvalue weighted by molar-refractivity contribution is -0.365. The summed E-state index contributed by atoms with van der Waals surface area (Å²) in [5.41, 5.74) is 0. The van der Waals surface area contributed by atoms with Gasteiger partial charge < -0.3 is 24.4 Å². The Hall–Kier alpha value is 0.0149. The number of morpholine rings is 1. The van der Waals surface area contributed by atoms with Crippen LogP contribution in [0.25, 0.3) is 0 Å². The Morgan fingerprint density at radius 2 is 2.12 bits per heavy atom. The first kappa shape index (κ1) is 15.1. The molecular formula is C7H17BNO7P. The maximum atomic E-state index is 10.4. The van der Waals surface area contributed by atoms with E-state index >= 15 is 0 Å². The predicted octanol–water partition coefficient (Wildman–Crippen LogP) is -2.37. The summed E-state index contributed by atoms with van der Waals surface area (Å²) in [7, 11) is -1.48. The molecule has 1 fully saturated rings. The van der Waals surface area contributed by atoms with Gasteiger partial charge in [0.15, 0.2) is 12.5 Å². The van der Waals surface area contributed by atoms with Gasteiger partial charge in [-0.1, -0.05) is 0 Å². The van der Waals surface area contributed by atoms with Crippen LogP contribution in [-0.2, 0) is 18.7 Å². The van der Waals surface area contributed by atoms with Gasteiger partial charge in [-0.2, -0.15) is 0 Å². The van der Waals surface area contributed by atoms with Crippen molar-refractivity contribution in [2.24, 2.45) is 0 Å². The zero-order valence-electron chi connectivity index (χ0n) is 9.65. The summed E-state index contributed by atoms with van der Waals surface area (Å²) >= 11 is 0. The first-order chi connectivity index (χ1) is 7.97. The number of nitrogens with zero attached hydrogens (tertiary/aromatic N) is 1. The van der Waals surface area contributed by atoms with Crippen LogP contribution in [-0.4, -0.2) is 65.8 Å². The maximum Gasteiger partial charge on any atom is 0.316 e. The highest BCUT2D eigenvalue weighted by Crippen LogP contribution is 2.23. The van der Waals surface area contributed by atoms with Crippen molar-refractivity contribution in [1.82, 2.24) is 5.06 Å². The van der Waals surface area contributed by atoms with Crippen LogP contribution in [0.3, 0.4) is 0 Å². The van der Waals surface area contributed by atoms with E-state index in [9.17, 15) is 14.8 Å². The molecule has 5 atom stereocenters. The molecule has 1 rings (SSSR count). The monoisotopic (exact) mass is 269 g/mol. The van der Waals surface area contributed by atoms with E-state index in [0.717, 1.165) is 5.06 Å². The average molecular weight is 269 g/mol. The Morgan fingerprint density at radius 3 is 2.65 bits per heavy atom. The zero-order chi connectivity index (χ0) is 13.0. The van der Waals surface area contributed by atoms with Crippen LogP contribution in [0.5, 0.6) is 0 Å². The van der Waals surface area contributed by atoms with Crippen molar-refractivity contribution in [3.05, 3.63) is 0 Å². The minimum Gasteiger partial charge on any atom is -0.374 e. The van der Waals surface area contributed by atoms with E-state index in [1.165, 1.54) is 0 Å². The Balaban J connectivity index is 2.63. The van der Waals surface area contributed by atoms with E-state index in [1.54, 1.807) is 14.8 Å². The van der Waals surface area contributed by atoms with Gasteiger partial charge in [0.2, 0.25) is 0 Å². The van der Waals surface area contributed by atoms with E-state index in [0.29, 0.717) is 0 Å². The van der Waals surface area contributed by atoms with Gasteiger partial charge in [-0.15, -0.1) is 5.06 Å². The largest absolute Gasteiger partial charge is 0.374 e. The first-order valence-electron chi connectivity index (χ1n) is 5.26. The molecule has 1 aliphatic rings. The van der Waals surface area contributed by atoms with Crippen LogP contribution in [0.2, 0.25) is 0 Å². The molecule has 0 aromatic carbocycles. The van der Waals surface area contributed by atoms with Crippen molar-refractivity contribution in [3.8, 4) is 0 Å². The van der Waals surface area contributed by atoms with Crippen LogP contribution >= 0.6 is 8.25 Å². The fraction of sp³-hybridized carbons (Fsp3) is 1.00. The standard InChI is InChI=1S/C7H17BNO7P/c1-2-14-9-6(10)4(3-15-17(12)13)16-5(8)7(9)11/h4-7,10-11,17H,2-3,8H2,1H3,(H,12,13). The van der Waals surface area contributed by atoms with Crippen LogP contribution in [0.4, 0.5) is 0 Å². The van der Waals surface area contributed by atoms with Crippen LogP contribution in [0, 0.1) is 0 Å². The van der Waals surface area contributed by atoms with E-state index in [4.69, 9.17) is 14.5 Å². The summed E-state index contributed by atoms with van der Waals surface area (Å²) in [6.45, 7) is 1.72. The molecule has 0 spiro atoms.